The summed E-state index contributed by atoms with van der Waals surface area (Å²) in [5, 5.41) is 19.4. The standard InChI is InChI=1S/C18H22N4O2/c1-5-21(6-2)16-9-7-15(8-10-16)19-20-18-13(3)11-17(22(23)24)12-14(18)4/h7-12H,5-6H2,1-4H3. The zero-order valence-electron chi connectivity index (χ0n) is 14.5. The third kappa shape index (κ3) is 3.95. The van der Waals surface area contributed by atoms with Crippen LogP contribution in [0.1, 0.15) is 25.0 Å². The van der Waals surface area contributed by atoms with Crippen molar-refractivity contribution in [1.29, 1.82) is 0 Å². The van der Waals surface area contributed by atoms with E-state index in [0.29, 0.717) is 5.69 Å². The lowest BCUT2D eigenvalue weighted by molar-refractivity contribution is -0.384. The Balaban J connectivity index is 2.24. The molecule has 0 aromatic heterocycles. The molecule has 126 valence electrons. The van der Waals surface area contributed by atoms with Gasteiger partial charge in [-0.1, -0.05) is 0 Å². The first-order valence-electron chi connectivity index (χ1n) is 7.98. The van der Waals surface area contributed by atoms with Crippen molar-refractivity contribution in [3.63, 3.8) is 0 Å². The largest absolute Gasteiger partial charge is 0.372 e. The summed E-state index contributed by atoms with van der Waals surface area (Å²) in [6.07, 6.45) is 0. The number of anilines is 1. The Bertz CT molecular complexity index is 727. The molecule has 2 rings (SSSR count). The highest BCUT2D eigenvalue weighted by atomic mass is 16.6. The van der Waals surface area contributed by atoms with Gasteiger partial charge in [-0.25, -0.2) is 0 Å². The summed E-state index contributed by atoms with van der Waals surface area (Å²) in [5.41, 5.74) is 4.14. The van der Waals surface area contributed by atoms with Gasteiger partial charge in [-0.3, -0.25) is 10.1 Å². The molecule has 0 unspecified atom stereocenters. The van der Waals surface area contributed by atoms with Crippen LogP contribution in [0.5, 0.6) is 0 Å². The number of hydrogen-bond acceptors (Lipinski definition) is 5. The SMILES string of the molecule is CCN(CC)c1ccc(N=Nc2c(C)cc([N+](=O)[O-])cc2C)cc1. The van der Waals surface area contributed by atoms with Crippen LogP contribution in [0.15, 0.2) is 46.6 Å². The van der Waals surface area contributed by atoms with Crippen molar-refractivity contribution in [2.45, 2.75) is 27.7 Å². The molecule has 0 heterocycles. The second kappa shape index (κ2) is 7.68. The van der Waals surface area contributed by atoms with E-state index in [1.54, 1.807) is 13.8 Å². The van der Waals surface area contributed by atoms with E-state index in [9.17, 15) is 10.1 Å². The number of azo groups is 1. The maximum absolute atomic E-state index is 10.9. The van der Waals surface area contributed by atoms with E-state index in [-0.39, 0.29) is 5.69 Å². The number of rotatable bonds is 6. The number of non-ortho nitro benzene ring substituents is 1. The lowest BCUT2D eigenvalue weighted by atomic mass is 10.1. The number of aryl methyl sites for hydroxylation is 2. The molecule has 24 heavy (non-hydrogen) atoms. The number of nitro groups is 1. The summed E-state index contributed by atoms with van der Waals surface area (Å²) in [6, 6.07) is 10.9. The minimum Gasteiger partial charge on any atom is -0.372 e. The van der Waals surface area contributed by atoms with Crippen LogP contribution in [0.2, 0.25) is 0 Å². The lowest BCUT2D eigenvalue weighted by Gasteiger charge is -2.20. The molecule has 6 nitrogen and oxygen atoms in total. The molecule has 0 aliphatic rings. The van der Waals surface area contributed by atoms with Crippen molar-refractivity contribution < 1.29 is 4.92 Å². The summed E-state index contributed by atoms with van der Waals surface area (Å²) >= 11 is 0. The average Bonchev–Trinajstić information content (AvgIpc) is 2.56. The minimum absolute atomic E-state index is 0.0764. The summed E-state index contributed by atoms with van der Waals surface area (Å²) < 4.78 is 0. The summed E-state index contributed by atoms with van der Waals surface area (Å²) in [7, 11) is 0. The fourth-order valence-corrected chi connectivity index (χ4v) is 2.62. The summed E-state index contributed by atoms with van der Waals surface area (Å²) in [4.78, 5) is 12.7. The molecule has 0 spiro atoms. The minimum atomic E-state index is -0.396. The Labute approximate surface area is 142 Å². The molecule has 0 aliphatic carbocycles. The van der Waals surface area contributed by atoms with Gasteiger partial charge in [-0.15, -0.1) is 0 Å². The van der Waals surface area contributed by atoms with Crippen LogP contribution in [0.4, 0.5) is 22.7 Å². The fourth-order valence-electron chi connectivity index (χ4n) is 2.62. The van der Waals surface area contributed by atoms with E-state index in [1.165, 1.54) is 12.1 Å². The van der Waals surface area contributed by atoms with Crippen LogP contribution < -0.4 is 4.90 Å². The van der Waals surface area contributed by atoms with Crippen molar-refractivity contribution in [3.05, 3.63) is 57.6 Å². The van der Waals surface area contributed by atoms with Gasteiger partial charge in [-0.2, -0.15) is 10.2 Å². The normalized spacial score (nSPS) is 11.0. The highest BCUT2D eigenvalue weighted by Gasteiger charge is 2.11. The predicted molar refractivity (Wildman–Crippen MR) is 96.7 cm³/mol. The van der Waals surface area contributed by atoms with Gasteiger partial charge in [0, 0.05) is 30.9 Å². The van der Waals surface area contributed by atoms with E-state index in [1.807, 2.05) is 24.3 Å². The highest BCUT2D eigenvalue weighted by molar-refractivity contribution is 5.58. The van der Waals surface area contributed by atoms with Gasteiger partial charge in [0.1, 0.15) is 0 Å². The van der Waals surface area contributed by atoms with Crippen LogP contribution in [0.3, 0.4) is 0 Å². The van der Waals surface area contributed by atoms with Crippen LogP contribution >= 0.6 is 0 Å². The Hall–Kier alpha value is -2.76. The molecule has 0 N–H and O–H groups in total. The Morgan fingerprint density at radius 1 is 1.00 bits per heavy atom. The molecule has 6 heteroatoms. The van der Waals surface area contributed by atoms with Crippen LogP contribution in [0, 0.1) is 24.0 Å². The maximum Gasteiger partial charge on any atom is 0.270 e. The number of nitrogens with zero attached hydrogens (tertiary/aromatic N) is 4. The molecule has 0 radical (unpaired) electrons. The van der Waals surface area contributed by atoms with Gasteiger partial charge >= 0.3 is 0 Å². The number of benzene rings is 2. The first-order valence-corrected chi connectivity index (χ1v) is 7.98. The van der Waals surface area contributed by atoms with Gasteiger partial charge in [0.2, 0.25) is 0 Å². The lowest BCUT2D eigenvalue weighted by Crippen LogP contribution is -2.21. The monoisotopic (exact) mass is 326 g/mol. The second-order valence-corrected chi connectivity index (χ2v) is 5.57. The van der Waals surface area contributed by atoms with Crippen molar-refractivity contribution in [2.24, 2.45) is 10.2 Å². The fraction of sp³-hybridized carbons (Fsp3) is 0.333. The molecule has 0 fully saturated rings. The second-order valence-electron chi connectivity index (χ2n) is 5.57. The zero-order valence-corrected chi connectivity index (χ0v) is 14.5. The number of nitro benzene ring substituents is 1. The summed E-state index contributed by atoms with van der Waals surface area (Å²) in [6.45, 7) is 9.77. The molecule has 0 aliphatic heterocycles. The first kappa shape index (κ1) is 17.6. The molecule has 0 bridgehead atoms. The maximum atomic E-state index is 10.9. The van der Waals surface area contributed by atoms with Crippen LogP contribution in [-0.2, 0) is 0 Å². The van der Waals surface area contributed by atoms with E-state index in [2.05, 4.69) is 29.0 Å². The van der Waals surface area contributed by atoms with E-state index in [0.717, 1.165) is 35.6 Å². The smallest absolute Gasteiger partial charge is 0.270 e. The van der Waals surface area contributed by atoms with Crippen molar-refractivity contribution >= 4 is 22.7 Å². The zero-order chi connectivity index (χ0) is 17.7. The quantitative estimate of drug-likeness (QED) is 0.401. The van der Waals surface area contributed by atoms with Crippen molar-refractivity contribution in [2.75, 3.05) is 18.0 Å². The van der Waals surface area contributed by atoms with Gasteiger partial charge < -0.3 is 4.90 Å². The Morgan fingerprint density at radius 3 is 2.00 bits per heavy atom. The third-order valence-electron chi connectivity index (χ3n) is 3.93. The molecule has 2 aromatic rings. The predicted octanol–water partition coefficient (Wildman–Crippen LogP) is 5.47. The van der Waals surface area contributed by atoms with Gasteiger partial charge in [0.25, 0.3) is 5.69 Å². The molecular weight excluding hydrogens is 304 g/mol. The third-order valence-corrected chi connectivity index (χ3v) is 3.93. The van der Waals surface area contributed by atoms with Gasteiger partial charge in [0.15, 0.2) is 0 Å². The average molecular weight is 326 g/mol. The van der Waals surface area contributed by atoms with Gasteiger partial charge in [0.05, 0.1) is 16.3 Å². The molecule has 2 aromatic carbocycles. The van der Waals surface area contributed by atoms with E-state index < -0.39 is 4.92 Å². The van der Waals surface area contributed by atoms with Crippen molar-refractivity contribution in [3.8, 4) is 0 Å². The van der Waals surface area contributed by atoms with Crippen LogP contribution in [0.25, 0.3) is 0 Å². The topological polar surface area (TPSA) is 71.1 Å². The molecule has 0 amide bonds. The van der Waals surface area contributed by atoms with Crippen LogP contribution in [-0.4, -0.2) is 18.0 Å². The number of hydrogen-bond donors (Lipinski definition) is 0. The molecular formula is C18H22N4O2. The molecule has 0 saturated heterocycles. The molecule has 0 saturated carbocycles. The molecule has 0 atom stereocenters. The van der Waals surface area contributed by atoms with Gasteiger partial charge in [-0.05, 0) is 63.1 Å². The first-order chi connectivity index (χ1) is 11.5. The summed E-state index contributed by atoms with van der Waals surface area (Å²) in [5.74, 6) is 0. The van der Waals surface area contributed by atoms with E-state index >= 15 is 0 Å². The Morgan fingerprint density at radius 2 is 1.54 bits per heavy atom. The Kier molecular flexibility index (Phi) is 5.63. The van der Waals surface area contributed by atoms with Crippen molar-refractivity contribution in [1.82, 2.24) is 0 Å². The van der Waals surface area contributed by atoms with E-state index in [4.69, 9.17) is 0 Å². The highest BCUT2D eigenvalue weighted by Crippen LogP contribution is 2.30.